The Morgan fingerprint density at radius 3 is 2.22 bits per heavy atom. The summed E-state index contributed by atoms with van der Waals surface area (Å²) in [4.78, 5) is 34.2. The average Bonchev–Trinajstić information content (AvgIpc) is 2.63. The number of nitrogens with one attached hydrogen (secondary N) is 1. The van der Waals surface area contributed by atoms with E-state index in [-0.39, 0.29) is 24.6 Å². The van der Waals surface area contributed by atoms with Crippen molar-refractivity contribution in [2.45, 2.75) is 45.4 Å². The Morgan fingerprint density at radius 2 is 1.63 bits per heavy atom. The number of ether oxygens (including phenoxy) is 3. The molecule has 3 N–H and O–H groups in total. The van der Waals surface area contributed by atoms with Crippen LogP contribution < -0.4 is 11.1 Å². The van der Waals surface area contributed by atoms with Crippen LogP contribution in [0.2, 0.25) is 0 Å². The number of carbonyl (C=O) groups is 3. The van der Waals surface area contributed by atoms with Gasteiger partial charge in [-0.3, -0.25) is 4.79 Å². The van der Waals surface area contributed by atoms with Gasteiger partial charge in [0, 0.05) is 18.1 Å². The highest BCUT2D eigenvalue weighted by Gasteiger charge is 2.35. The fourth-order valence-corrected chi connectivity index (χ4v) is 4.66. The van der Waals surface area contributed by atoms with Gasteiger partial charge >= 0.3 is 18.2 Å². The molecule has 0 heterocycles. The molecule has 0 radical (unpaired) electrons. The van der Waals surface area contributed by atoms with Crippen molar-refractivity contribution in [3.8, 4) is 0 Å². The predicted molar refractivity (Wildman–Crippen MR) is 107 cm³/mol. The van der Waals surface area contributed by atoms with E-state index in [0.717, 1.165) is 32.1 Å². The first-order chi connectivity index (χ1) is 13.0. The molecule has 1 aliphatic rings. The largest absolute Gasteiger partial charge is 0.466 e. The van der Waals surface area contributed by atoms with Crippen molar-refractivity contribution in [3.05, 3.63) is 0 Å². The summed E-state index contributed by atoms with van der Waals surface area (Å²) in [6, 6.07) is 0. The highest BCUT2D eigenvalue weighted by molar-refractivity contribution is 8.76. The van der Waals surface area contributed by atoms with Gasteiger partial charge < -0.3 is 25.3 Å². The molecule has 0 aromatic rings. The first-order valence-corrected chi connectivity index (χ1v) is 11.7. The predicted octanol–water partition coefficient (Wildman–Crippen LogP) is 3.09. The average molecular weight is 423 g/mol. The Bertz CT molecular complexity index is 472. The molecule has 0 bridgehead atoms. The molecule has 0 aromatic carbocycles. The molecular formula is C17H30N2O6S2. The molecule has 0 aliphatic heterocycles. The first-order valence-electron chi connectivity index (χ1n) is 9.20. The summed E-state index contributed by atoms with van der Waals surface area (Å²) >= 11 is 0. The number of carbonyl (C=O) groups excluding carboxylic acids is 3. The molecule has 1 fully saturated rings. The van der Waals surface area contributed by atoms with E-state index in [1.165, 1.54) is 21.6 Å². The fourth-order valence-electron chi connectivity index (χ4n) is 3.01. The number of nitrogens with two attached hydrogens (primary N) is 1. The van der Waals surface area contributed by atoms with E-state index in [0.29, 0.717) is 31.1 Å². The molecule has 0 spiro atoms. The number of amides is 2. The zero-order valence-corrected chi connectivity index (χ0v) is 17.5. The van der Waals surface area contributed by atoms with Gasteiger partial charge in [-0.25, -0.2) is 9.59 Å². The normalized spacial score (nSPS) is 15.6. The van der Waals surface area contributed by atoms with E-state index < -0.39 is 12.2 Å². The monoisotopic (exact) mass is 422 g/mol. The Morgan fingerprint density at radius 1 is 1.00 bits per heavy atom. The van der Waals surface area contributed by atoms with Crippen molar-refractivity contribution in [2.75, 3.05) is 37.9 Å². The van der Waals surface area contributed by atoms with Crippen LogP contribution in [0.1, 0.15) is 45.4 Å². The summed E-state index contributed by atoms with van der Waals surface area (Å²) in [6.45, 7) is 3.13. The van der Waals surface area contributed by atoms with Crippen LogP contribution in [-0.2, 0) is 19.0 Å². The third kappa shape index (κ3) is 11.2. The lowest BCUT2D eigenvalue weighted by atomic mass is 9.72. The summed E-state index contributed by atoms with van der Waals surface area (Å²) in [5, 5.41) is 2.81. The lowest BCUT2D eigenvalue weighted by molar-refractivity contribution is -0.146. The van der Waals surface area contributed by atoms with Gasteiger partial charge in [0.2, 0.25) is 0 Å². The summed E-state index contributed by atoms with van der Waals surface area (Å²) in [5.41, 5.74) is 4.63. The molecule has 156 valence electrons. The smallest absolute Gasteiger partial charge is 0.407 e. The number of hydrogen-bond donors (Lipinski definition) is 2. The third-order valence-electron chi connectivity index (χ3n) is 4.24. The van der Waals surface area contributed by atoms with Gasteiger partial charge in [-0.2, -0.15) is 0 Å². The molecule has 1 aliphatic carbocycles. The molecule has 0 saturated heterocycles. The van der Waals surface area contributed by atoms with Gasteiger partial charge in [0.1, 0.15) is 13.2 Å². The highest BCUT2D eigenvalue weighted by Crippen LogP contribution is 2.39. The number of rotatable bonds is 12. The van der Waals surface area contributed by atoms with Crippen LogP contribution in [0.15, 0.2) is 0 Å². The second kappa shape index (κ2) is 13.8. The van der Waals surface area contributed by atoms with E-state index in [9.17, 15) is 14.4 Å². The highest BCUT2D eigenvalue weighted by atomic mass is 33.1. The molecular weight excluding hydrogens is 392 g/mol. The summed E-state index contributed by atoms with van der Waals surface area (Å²) < 4.78 is 14.9. The van der Waals surface area contributed by atoms with Crippen LogP contribution in [0.4, 0.5) is 9.59 Å². The van der Waals surface area contributed by atoms with Crippen LogP contribution in [0.3, 0.4) is 0 Å². The number of primary amides is 1. The van der Waals surface area contributed by atoms with E-state index in [1.807, 2.05) is 0 Å². The number of esters is 1. The molecule has 10 heteroatoms. The molecule has 1 saturated carbocycles. The molecule has 0 unspecified atom stereocenters. The third-order valence-corrected chi connectivity index (χ3v) is 6.57. The zero-order valence-electron chi connectivity index (χ0n) is 15.8. The summed E-state index contributed by atoms with van der Waals surface area (Å²) in [7, 11) is 3.04. The minimum Gasteiger partial charge on any atom is -0.466 e. The fraction of sp³-hybridized carbons (Fsp3) is 0.824. The minimum absolute atomic E-state index is 0.205. The molecule has 0 aromatic heterocycles. The molecule has 1 rings (SSSR count). The van der Waals surface area contributed by atoms with Gasteiger partial charge in [0.15, 0.2) is 0 Å². The van der Waals surface area contributed by atoms with Gasteiger partial charge in [-0.05, 0) is 25.2 Å². The summed E-state index contributed by atoms with van der Waals surface area (Å²) in [5.74, 6) is 1.04. The maximum absolute atomic E-state index is 11.9. The molecule has 27 heavy (non-hydrogen) atoms. The standard InChI is InChI=1S/C17H30N2O6S2/c1-2-23-14(20)12-17(6-4-3-5-7-17)13-19-16(22)25-9-11-27-26-10-8-24-15(18)21/h2-13H2,1H3,(H2,18,21)(H,19,22). The van der Waals surface area contributed by atoms with E-state index in [4.69, 9.17) is 15.2 Å². The Labute approximate surface area is 168 Å². The quantitative estimate of drug-likeness (QED) is 0.213. The van der Waals surface area contributed by atoms with Gasteiger partial charge in [0.05, 0.1) is 13.0 Å². The maximum Gasteiger partial charge on any atom is 0.407 e. The number of alkyl carbamates (subject to hydrolysis) is 1. The first kappa shape index (κ1) is 23.7. The second-order valence-electron chi connectivity index (χ2n) is 6.34. The Balaban J connectivity index is 2.20. The maximum atomic E-state index is 11.9. The van der Waals surface area contributed by atoms with Crippen LogP contribution >= 0.6 is 21.6 Å². The van der Waals surface area contributed by atoms with Crippen LogP contribution in [-0.4, -0.2) is 56.0 Å². The number of hydrogen-bond acceptors (Lipinski definition) is 8. The van der Waals surface area contributed by atoms with Crippen molar-refractivity contribution < 1.29 is 28.6 Å². The van der Waals surface area contributed by atoms with Crippen LogP contribution in [0, 0.1) is 5.41 Å². The van der Waals surface area contributed by atoms with Crippen molar-refractivity contribution in [3.63, 3.8) is 0 Å². The van der Waals surface area contributed by atoms with Crippen molar-refractivity contribution in [1.82, 2.24) is 5.32 Å². The molecule has 2 amide bonds. The van der Waals surface area contributed by atoms with Gasteiger partial charge in [0.25, 0.3) is 0 Å². The van der Waals surface area contributed by atoms with Crippen molar-refractivity contribution in [1.29, 1.82) is 0 Å². The Kier molecular flexibility index (Phi) is 12.2. The van der Waals surface area contributed by atoms with Crippen molar-refractivity contribution in [2.24, 2.45) is 11.1 Å². The summed E-state index contributed by atoms with van der Waals surface area (Å²) in [6.07, 6.45) is 4.19. The van der Waals surface area contributed by atoms with Gasteiger partial charge in [-0.15, -0.1) is 0 Å². The Hall–Kier alpha value is -1.29. The SMILES string of the molecule is CCOC(=O)CC1(CNC(=O)OCCSSCCOC(N)=O)CCCCC1. The lowest BCUT2D eigenvalue weighted by Gasteiger charge is -2.36. The molecule has 0 atom stereocenters. The van der Waals surface area contributed by atoms with E-state index in [1.54, 1.807) is 6.92 Å². The lowest BCUT2D eigenvalue weighted by Crippen LogP contribution is -2.41. The van der Waals surface area contributed by atoms with Crippen LogP contribution in [0.5, 0.6) is 0 Å². The van der Waals surface area contributed by atoms with E-state index >= 15 is 0 Å². The van der Waals surface area contributed by atoms with Crippen molar-refractivity contribution >= 4 is 39.7 Å². The van der Waals surface area contributed by atoms with E-state index in [2.05, 4.69) is 10.1 Å². The molecule has 8 nitrogen and oxygen atoms in total. The second-order valence-corrected chi connectivity index (χ2v) is 9.05. The zero-order chi connectivity index (χ0) is 20.0. The van der Waals surface area contributed by atoms with Crippen LogP contribution in [0.25, 0.3) is 0 Å². The topological polar surface area (TPSA) is 117 Å². The minimum atomic E-state index is -0.778. The van der Waals surface area contributed by atoms with Gasteiger partial charge in [-0.1, -0.05) is 40.9 Å².